The molecule has 4 nitrogen and oxygen atoms in total. The van der Waals surface area contributed by atoms with Gasteiger partial charge in [0, 0.05) is 25.9 Å². The summed E-state index contributed by atoms with van der Waals surface area (Å²) in [5.74, 6) is 0. The molecule has 1 saturated heterocycles. The van der Waals surface area contributed by atoms with Crippen molar-refractivity contribution in [3.05, 3.63) is 18.0 Å². The van der Waals surface area contributed by atoms with E-state index in [2.05, 4.69) is 5.10 Å². The molecule has 1 aliphatic heterocycles. The molecule has 1 aromatic heterocycles. The van der Waals surface area contributed by atoms with Crippen molar-refractivity contribution < 1.29 is 4.74 Å². The molecule has 2 heterocycles. The average Bonchev–Trinajstić information content (AvgIpc) is 2.59. The van der Waals surface area contributed by atoms with E-state index in [1.165, 1.54) is 0 Å². The van der Waals surface area contributed by atoms with Crippen LogP contribution in [-0.2, 0) is 11.8 Å². The molecule has 82 valence electrons. The minimum absolute atomic E-state index is 0. The summed E-state index contributed by atoms with van der Waals surface area (Å²) in [6.07, 6.45) is 2.75. The topological polar surface area (TPSA) is 53.1 Å². The van der Waals surface area contributed by atoms with Gasteiger partial charge in [-0.1, -0.05) is 0 Å². The lowest BCUT2D eigenvalue weighted by Gasteiger charge is -2.14. The third kappa shape index (κ3) is 2.39. The van der Waals surface area contributed by atoms with Gasteiger partial charge in [0.1, 0.15) is 6.10 Å². The van der Waals surface area contributed by atoms with E-state index in [0.717, 1.165) is 18.7 Å². The Balaban J connectivity index is 0.000000845. The van der Waals surface area contributed by atoms with Crippen LogP contribution in [0.25, 0.3) is 0 Å². The van der Waals surface area contributed by atoms with Crippen molar-refractivity contribution in [2.75, 3.05) is 6.61 Å². The van der Waals surface area contributed by atoms with Crippen molar-refractivity contribution in [2.24, 2.45) is 12.8 Å². The summed E-state index contributed by atoms with van der Waals surface area (Å²) >= 11 is 0. The first-order valence-electron chi connectivity index (χ1n) is 4.14. The van der Waals surface area contributed by atoms with Gasteiger partial charge in [-0.05, 0) is 12.5 Å². The highest BCUT2D eigenvalue weighted by Crippen LogP contribution is 2.26. The molecule has 1 fully saturated rings. The van der Waals surface area contributed by atoms with Gasteiger partial charge in [0.2, 0.25) is 0 Å². The van der Waals surface area contributed by atoms with E-state index in [-0.39, 0.29) is 37.0 Å². The predicted molar refractivity (Wildman–Crippen MR) is 59.0 cm³/mol. The van der Waals surface area contributed by atoms with Crippen LogP contribution in [0.4, 0.5) is 0 Å². The molecule has 0 spiro atoms. The van der Waals surface area contributed by atoms with E-state index in [9.17, 15) is 0 Å². The molecule has 0 saturated carbocycles. The Morgan fingerprint density at radius 3 is 2.71 bits per heavy atom. The fraction of sp³-hybridized carbons (Fsp3) is 0.625. The van der Waals surface area contributed by atoms with Gasteiger partial charge in [-0.15, -0.1) is 24.8 Å². The monoisotopic (exact) mass is 239 g/mol. The molecule has 0 unspecified atom stereocenters. The third-order valence-corrected chi connectivity index (χ3v) is 2.29. The number of aromatic nitrogens is 2. The van der Waals surface area contributed by atoms with E-state index in [1.807, 2.05) is 17.8 Å². The number of rotatable bonds is 1. The second-order valence-corrected chi connectivity index (χ2v) is 3.12. The van der Waals surface area contributed by atoms with Gasteiger partial charge in [0.25, 0.3) is 0 Å². The molecule has 0 amide bonds. The summed E-state index contributed by atoms with van der Waals surface area (Å²) in [6.45, 7) is 0.761. The van der Waals surface area contributed by atoms with Crippen LogP contribution in [0, 0.1) is 0 Å². The van der Waals surface area contributed by atoms with Crippen LogP contribution in [-0.4, -0.2) is 22.4 Å². The number of halogens is 2. The number of nitrogens with zero attached hydrogens (tertiary/aromatic N) is 2. The Hall–Kier alpha value is -0.290. The quantitative estimate of drug-likeness (QED) is 0.798. The number of ether oxygens (including phenoxy) is 1. The number of hydrogen-bond donors (Lipinski definition) is 1. The minimum Gasteiger partial charge on any atom is -0.370 e. The van der Waals surface area contributed by atoms with Crippen LogP contribution >= 0.6 is 24.8 Å². The van der Waals surface area contributed by atoms with Crippen LogP contribution in [0.15, 0.2) is 12.3 Å². The van der Waals surface area contributed by atoms with Crippen molar-refractivity contribution in [2.45, 2.75) is 18.6 Å². The molecule has 0 bridgehead atoms. The molecule has 14 heavy (non-hydrogen) atoms. The predicted octanol–water partition coefficient (Wildman–Crippen LogP) is 1.05. The lowest BCUT2D eigenvalue weighted by molar-refractivity contribution is 0.0983. The second kappa shape index (κ2) is 5.56. The summed E-state index contributed by atoms with van der Waals surface area (Å²) in [4.78, 5) is 0. The van der Waals surface area contributed by atoms with Crippen molar-refractivity contribution in [1.29, 1.82) is 0 Å². The molecule has 6 heteroatoms. The maximum atomic E-state index is 5.87. The fourth-order valence-corrected chi connectivity index (χ4v) is 1.57. The summed E-state index contributed by atoms with van der Waals surface area (Å²) in [7, 11) is 1.91. The van der Waals surface area contributed by atoms with E-state index in [4.69, 9.17) is 10.5 Å². The van der Waals surface area contributed by atoms with E-state index in [0.29, 0.717) is 0 Å². The molecule has 2 atom stereocenters. The number of hydrogen-bond acceptors (Lipinski definition) is 3. The largest absolute Gasteiger partial charge is 0.370 e. The Labute approximate surface area is 95.6 Å². The summed E-state index contributed by atoms with van der Waals surface area (Å²) in [5.41, 5.74) is 6.94. The maximum Gasteiger partial charge on any atom is 0.114 e. The highest BCUT2D eigenvalue weighted by Gasteiger charge is 2.28. The highest BCUT2D eigenvalue weighted by molar-refractivity contribution is 5.85. The SMILES string of the molecule is Cl.Cl.Cn1nccc1[C@@H]1OCC[C@H]1N. The van der Waals surface area contributed by atoms with Gasteiger partial charge in [-0.3, -0.25) is 4.68 Å². The molecule has 1 aliphatic rings. The molecule has 2 N–H and O–H groups in total. The third-order valence-electron chi connectivity index (χ3n) is 2.29. The van der Waals surface area contributed by atoms with Crippen LogP contribution in [0.2, 0.25) is 0 Å². The van der Waals surface area contributed by atoms with Crippen molar-refractivity contribution >= 4 is 24.8 Å². The van der Waals surface area contributed by atoms with Gasteiger partial charge in [0.05, 0.1) is 5.69 Å². The standard InChI is InChI=1S/C8H13N3O.2ClH/c1-11-7(2-4-10-11)8-6(9)3-5-12-8;;/h2,4,6,8H,3,5,9H2,1H3;2*1H/t6-,8-;;/m1../s1. The summed E-state index contributed by atoms with van der Waals surface area (Å²) < 4.78 is 7.32. The minimum atomic E-state index is 0. The first-order valence-corrected chi connectivity index (χ1v) is 4.14. The molecular weight excluding hydrogens is 225 g/mol. The zero-order chi connectivity index (χ0) is 8.55. The summed E-state index contributed by atoms with van der Waals surface area (Å²) in [5, 5.41) is 4.08. The summed E-state index contributed by atoms with van der Waals surface area (Å²) in [6, 6.07) is 2.08. The Morgan fingerprint density at radius 1 is 1.57 bits per heavy atom. The molecule has 2 rings (SSSR count). The first kappa shape index (κ1) is 13.7. The van der Waals surface area contributed by atoms with Crippen LogP contribution < -0.4 is 5.73 Å². The van der Waals surface area contributed by atoms with E-state index < -0.39 is 0 Å². The van der Waals surface area contributed by atoms with Gasteiger partial charge < -0.3 is 10.5 Å². The number of aryl methyl sites for hydroxylation is 1. The van der Waals surface area contributed by atoms with E-state index >= 15 is 0 Å². The fourth-order valence-electron chi connectivity index (χ4n) is 1.57. The van der Waals surface area contributed by atoms with Gasteiger partial charge in [-0.2, -0.15) is 5.10 Å². The van der Waals surface area contributed by atoms with Crippen molar-refractivity contribution in [3.63, 3.8) is 0 Å². The Bertz CT molecular complexity index is 279. The lowest BCUT2D eigenvalue weighted by atomic mass is 10.1. The van der Waals surface area contributed by atoms with Crippen molar-refractivity contribution in [1.82, 2.24) is 9.78 Å². The van der Waals surface area contributed by atoms with Crippen molar-refractivity contribution in [3.8, 4) is 0 Å². The molecule has 1 aromatic rings. The molecule has 0 aromatic carbocycles. The zero-order valence-electron chi connectivity index (χ0n) is 7.92. The average molecular weight is 240 g/mol. The second-order valence-electron chi connectivity index (χ2n) is 3.12. The smallest absolute Gasteiger partial charge is 0.114 e. The maximum absolute atomic E-state index is 5.87. The molecule has 0 radical (unpaired) electrons. The lowest BCUT2D eigenvalue weighted by Crippen LogP contribution is -2.25. The highest BCUT2D eigenvalue weighted by atomic mass is 35.5. The van der Waals surface area contributed by atoms with Crippen LogP contribution in [0.5, 0.6) is 0 Å². The zero-order valence-corrected chi connectivity index (χ0v) is 9.55. The Morgan fingerprint density at radius 2 is 2.29 bits per heavy atom. The number of nitrogens with two attached hydrogens (primary N) is 1. The van der Waals surface area contributed by atoms with E-state index in [1.54, 1.807) is 6.20 Å². The normalized spacial score (nSPS) is 25.3. The molecular formula is C8H15Cl2N3O. The first-order chi connectivity index (χ1) is 5.79. The molecule has 0 aliphatic carbocycles. The van der Waals surface area contributed by atoms with Crippen LogP contribution in [0.1, 0.15) is 18.2 Å². The Kier molecular flexibility index (Phi) is 5.44. The van der Waals surface area contributed by atoms with Gasteiger partial charge in [0.15, 0.2) is 0 Å². The van der Waals surface area contributed by atoms with Crippen LogP contribution in [0.3, 0.4) is 0 Å². The van der Waals surface area contributed by atoms with Gasteiger partial charge >= 0.3 is 0 Å². The van der Waals surface area contributed by atoms with Gasteiger partial charge in [-0.25, -0.2) is 0 Å².